The first-order valence-electron chi connectivity index (χ1n) is 12.9. The Labute approximate surface area is 227 Å². The van der Waals surface area contributed by atoms with Crippen LogP contribution in [0, 0.1) is 23.6 Å². The molecule has 5 aromatic rings. The smallest absolute Gasteiger partial charge is 0.255 e. The van der Waals surface area contributed by atoms with E-state index in [2.05, 4.69) is 31.6 Å². The molecule has 11 heteroatoms. The van der Waals surface area contributed by atoms with Gasteiger partial charge in [0.1, 0.15) is 17.4 Å². The van der Waals surface area contributed by atoms with Gasteiger partial charge >= 0.3 is 0 Å². The third-order valence-electron chi connectivity index (χ3n) is 7.86. The Morgan fingerprint density at radius 2 is 2.08 bits per heavy atom. The molecule has 2 N–H and O–H groups in total. The largest absolute Gasteiger partial charge is 0.492 e. The normalized spacial score (nSPS) is 20.0. The summed E-state index contributed by atoms with van der Waals surface area (Å²) in [7, 11) is 0. The highest BCUT2D eigenvalue weighted by atomic mass is 35.5. The molecule has 5 heterocycles. The number of benzene rings is 1. The van der Waals surface area contributed by atoms with E-state index in [-0.39, 0.29) is 10.6 Å². The van der Waals surface area contributed by atoms with E-state index in [1.54, 1.807) is 6.20 Å². The quantitative estimate of drug-likeness (QED) is 0.311. The van der Waals surface area contributed by atoms with E-state index in [1.807, 2.05) is 36.0 Å². The number of nitrogens with zero attached hydrogens (tertiary/aromatic N) is 5. The predicted molar refractivity (Wildman–Crippen MR) is 146 cm³/mol. The minimum atomic E-state index is -0.607. The number of anilines is 1. The van der Waals surface area contributed by atoms with Crippen LogP contribution in [0.4, 0.5) is 10.2 Å². The summed E-state index contributed by atoms with van der Waals surface area (Å²) in [6.45, 7) is 4.77. The highest BCUT2D eigenvalue weighted by Crippen LogP contribution is 2.52. The third-order valence-corrected chi connectivity index (χ3v) is 8.17. The van der Waals surface area contributed by atoms with Crippen LogP contribution in [-0.2, 0) is 0 Å². The summed E-state index contributed by atoms with van der Waals surface area (Å²) in [5, 5.41) is 15.6. The van der Waals surface area contributed by atoms with E-state index >= 15 is 0 Å². The summed E-state index contributed by atoms with van der Waals surface area (Å²) in [5.74, 6) is 1.92. The number of fused-ring (bicyclic) bond motifs is 4. The van der Waals surface area contributed by atoms with Crippen LogP contribution in [0.15, 0.2) is 55.0 Å². The number of aromatic nitrogens is 5. The second kappa shape index (κ2) is 9.23. The zero-order chi connectivity index (χ0) is 26.7. The number of pyridine rings is 2. The summed E-state index contributed by atoms with van der Waals surface area (Å²) in [4.78, 5) is 19.6. The van der Waals surface area contributed by atoms with E-state index in [9.17, 15) is 9.18 Å². The molecule has 1 amide bonds. The Morgan fingerprint density at radius 3 is 2.82 bits per heavy atom. The predicted octanol–water partition coefficient (Wildman–Crippen LogP) is 4.58. The summed E-state index contributed by atoms with van der Waals surface area (Å²) < 4.78 is 21.7. The lowest BCUT2D eigenvalue weighted by atomic mass is 10.1. The number of hydrogen-bond acceptors (Lipinski definition) is 6. The fourth-order valence-corrected chi connectivity index (χ4v) is 6.14. The first-order valence-corrected chi connectivity index (χ1v) is 13.3. The maximum absolute atomic E-state index is 14.0. The molecule has 1 aliphatic carbocycles. The van der Waals surface area contributed by atoms with Crippen molar-refractivity contribution in [2.24, 2.45) is 17.8 Å². The lowest BCUT2D eigenvalue weighted by molar-refractivity contribution is 0.0946. The monoisotopic (exact) mass is 545 g/mol. The Bertz CT molecular complexity index is 1680. The van der Waals surface area contributed by atoms with Gasteiger partial charge in [0.05, 0.1) is 40.5 Å². The standard InChI is InChI=1S/C28H25ClFN7O2/c1-2-39-16-8-17(26-19-11-33-34-27(19)35-37(26)12-16)15-6-7-24(31-9-15)36-13-20-18(21(20)14-36)10-32-28(38)25-22(29)4-3-5-23(25)30/h3-9,11-12,18,20-21H,2,10,13-14H2,1H3,(H,32,38)(H,34,35). The molecule has 1 aromatic carbocycles. The van der Waals surface area contributed by atoms with E-state index < -0.39 is 11.7 Å². The first kappa shape index (κ1) is 23.9. The molecule has 9 nitrogen and oxygen atoms in total. The zero-order valence-electron chi connectivity index (χ0n) is 21.1. The fraction of sp³-hybridized carbons (Fsp3) is 0.286. The Balaban J connectivity index is 1.04. The van der Waals surface area contributed by atoms with Crippen molar-refractivity contribution in [3.63, 3.8) is 0 Å². The number of aromatic amines is 1. The second-order valence-corrected chi connectivity index (χ2v) is 10.5. The molecule has 2 unspecified atom stereocenters. The van der Waals surface area contributed by atoms with E-state index in [0.717, 1.165) is 46.7 Å². The molecule has 2 fully saturated rings. The number of amides is 1. The molecule has 4 aromatic heterocycles. The molecule has 2 atom stereocenters. The Kier molecular flexibility index (Phi) is 5.66. The van der Waals surface area contributed by atoms with Crippen LogP contribution in [0.25, 0.3) is 27.7 Å². The summed E-state index contributed by atoms with van der Waals surface area (Å²) in [6.07, 6.45) is 5.54. The average Bonchev–Trinajstić information content (AvgIpc) is 3.32. The maximum atomic E-state index is 14.0. The first-order chi connectivity index (χ1) is 19.0. The SMILES string of the molecule is CCOc1cc(-c2ccc(N3CC4C(CNC(=O)c5c(F)cccc5Cl)C4C3)nc2)c2c3cn[nH]c3nn2c1. The van der Waals surface area contributed by atoms with Crippen LogP contribution in [0.1, 0.15) is 17.3 Å². The van der Waals surface area contributed by atoms with Crippen LogP contribution in [0.5, 0.6) is 5.75 Å². The Morgan fingerprint density at radius 1 is 1.23 bits per heavy atom. The number of piperidine rings is 1. The van der Waals surface area contributed by atoms with Crippen molar-refractivity contribution in [1.29, 1.82) is 0 Å². The number of ether oxygens (including phenoxy) is 1. The molecular weight excluding hydrogens is 521 g/mol. The number of carbonyl (C=O) groups excluding carboxylic acids is 1. The lowest BCUT2D eigenvalue weighted by Gasteiger charge is -2.21. The van der Waals surface area contributed by atoms with Gasteiger partial charge in [-0.3, -0.25) is 9.89 Å². The van der Waals surface area contributed by atoms with Crippen molar-refractivity contribution in [3.05, 3.63) is 71.4 Å². The van der Waals surface area contributed by atoms with Gasteiger partial charge in [-0.25, -0.2) is 13.9 Å². The summed E-state index contributed by atoms with van der Waals surface area (Å²) in [5.41, 5.74) is 3.50. The van der Waals surface area contributed by atoms with Gasteiger partial charge in [-0.2, -0.15) is 5.10 Å². The maximum Gasteiger partial charge on any atom is 0.255 e. The molecule has 7 rings (SSSR count). The minimum absolute atomic E-state index is 0.0932. The van der Waals surface area contributed by atoms with Crippen LogP contribution in [-0.4, -0.2) is 56.9 Å². The van der Waals surface area contributed by atoms with Crippen LogP contribution >= 0.6 is 11.6 Å². The lowest BCUT2D eigenvalue weighted by Crippen LogP contribution is -2.31. The summed E-state index contributed by atoms with van der Waals surface area (Å²) in [6, 6.07) is 10.4. The molecule has 0 bridgehead atoms. The fourth-order valence-electron chi connectivity index (χ4n) is 5.89. The molecule has 198 valence electrons. The van der Waals surface area contributed by atoms with Crippen molar-refractivity contribution in [2.45, 2.75) is 6.92 Å². The van der Waals surface area contributed by atoms with Crippen LogP contribution in [0.3, 0.4) is 0 Å². The van der Waals surface area contributed by atoms with Gasteiger partial charge in [0.15, 0.2) is 5.65 Å². The van der Waals surface area contributed by atoms with Crippen LogP contribution < -0.4 is 15.0 Å². The third kappa shape index (κ3) is 4.06. The molecule has 0 spiro atoms. The van der Waals surface area contributed by atoms with Gasteiger partial charge in [0.25, 0.3) is 5.91 Å². The number of halogens is 2. The average molecular weight is 546 g/mol. The Hall–Kier alpha value is -4.18. The highest BCUT2D eigenvalue weighted by molar-refractivity contribution is 6.33. The minimum Gasteiger partial charge on any atom is -0.492 e. The van der Waals surface area contributed by atoms with Gasteiger partial charge in [-0.1, -0.05) is 17.7 Å². The van der Waals surface area contributed by atoms with Gasteiger partial charge in [0.2, 0.25) is 0 Å². The van der Waals surface area contributed by atoms with Crippen molar-refractivity contribution < 1.29 is 13.9 Å². The molecule has 0 radical (unpaired) electrons. The number of H-pyrrole nitrogens is 1. The zero-order valence-corrected chi connectivity index (χ0v) is 21.8. The van der Waals surface area contributed by atoms with Crippen molar-refractivity contribution in [3.8, 4) is 16.9 Å². The molecule has 39 heavy (non-hydrogen) atoms. The number of hydrogen-bond donors (Lipinski definition) is 2. The molecular formula is C28H25ClFN7O2. The van der Waals surface area contributed by atoms with Crippen molar-refractivity contribution in [2.75, 3.05) is 31.1 Å². The van der Waals surface area contributed by atoms with Gasteiger partial charge in [-0.15, -0.1) is 5.10 Å². The van der Waals surface area contributed by atoms with Gasteiger partial charge in [-0.05, 0) is 55.0 Å². The van der Waals surface area contributed by atoms with E-state index in [0.29, 0.717) is 36.6 Å². The molecule has 1 saturated carbocycles. The van der Waals surface area contributed by atoms with Gasteiger partial charge in [0, 0.05) is 37.0 Å². The van der Waals surface area contributed by atoms with E-state index in [1.165, 1.54) is 18.2 Å². The van der Waals surface area contributed by atoms with Crippen molar-refractivity contribution >= 4 is 39.9 Å². The topological polar surface area (TPSA) is 100 Å². The second-order valence-electron chi connectivity index (χ2n) is 10.1. The van der Waals surface area contributed by atoms with E-state index in [4.69, 9.17) is 21.3 Å². The number of nitrogens with one attached hydrogen (secondary N) is 2. The molecule has 2 aliphatic rings. The molecule has 1 aliphatic heterocycles. The van der Waals surface area contributed by atoms with Gasteiger partial charge < -0.3 is 15.0 Å². The highest BCUT2D eigenvalue weighted by Gasteiger charge is 2.55. The number of rotatable bonds is 7. The number of carbonyl (C=O) groups is 1. The van der Waals surface area contributed by atoms with Crippen molar-refractivity contribution in [1.82, 2.24) is 30.1 Å². The molecule has 1 saturated heterocycles. The van der Waals surface area contributed by atoms with Crippen LogP contribution in [0.2, 0.25) is 5.02 Å². The summed E-state index contributed by atoms with van der Waals surface area (Å²) >= 11 is 6.02.